The Morgan fingerprint density at radius 2 is 1.02 bits per heavy atom. The molecule has 0 heterocycles. The average molecular weight is 591 g/mol. The Balaban J connectivity index is 1.51. The zero-order valence-electron chi connectivity index (χ0n) is 24.0. The fraction of sp³-hybridized carbons (Fsp3) is 0.111. The predicted molar refractivity (Wildman–Crippen MR) is 173 cm³/mol. The van der Waals surface area contributed by atoms with Crippen molar-refractivity contribution in [3.8, 4) is 11.5 Å². The summed E-state index contributed by atoms with van der Waals surface area (Å²) in [6, 6.07) is 43.5. The van der Waals surface area contributed by atoms with Gasteiger partial charge in [-0.3, -0.25) is 0 Å². The lowest BCUT2D eigenvalue weighted by molar-refractivity contribution is 0.0536. The zero-order chi connectivity index (χ0) is 30.7. The number of hydrogen-bond donors (Lipinski definition) is 4. The highest BCUT2D eigenvalue weighted by Gasteiger charge is 2.17. The summed E-state index contributed by atoms with van der Waals surface area (Å²) in [6.07, 6.45) is -0.324. The third-order valence-corrected chi connectivity index (χ3v) is 6.75. The number of benzene rings is 5. The van der Waals surface area contributed by atoms with Crippen LogP contribution in [0.15, 0.2) is 145 Å². The van der Waals surface area contributed by atoms with E-state index in [-0.39, 0.29) is 25.6 Å². The summed E-state index contributed by atoms with van der Waals surface area (Å²) in [4.78, 5) is 4.29. The van der Waals surface area contributed by atoms with Crippen molar-refractivity contribution in [2.75, 3.05) is 29.6 Å². The van der Waals surface area contributed by atoms with E-state index in [1.54, 1.807) is 0 Å². The fourth-order valence-electron chi connectivity index (χ4n) is 4.64. The molecule has 8 nitrogen and oxygen atoms in total. The summed E-state index contributed by atoms with van der Waals surface area (Å²) >= 11 is 0. The molecular weight excluding hydrogens is 556 g/mol. The van der Waals surface area contributed by atoms with Crippen molar-refractivity contribution in [1.29, 1.82) is 0 Å². The molecule has 0 saturated heterocycles. The Hall–Kier alpha value is -5.44. The molecular formula is C36H34N2O6. The second-order valence-electron chi connectivity index (χ2n) is 9.91. The Kier molecular flexibility index (Phi) is 9.99. The average Bonchev–Trinajstić information content (AvgIpc) is 3.08. The summed E-state index contributed by atoms with van der Waals surface area (Å²) < 4.78 is 11.2. The normalized spacial score (nSPS) is 11.9. The van der Waals surface area contributed by atoms with Gasteiger partial charge in [-0.25, -0.2) is 0 Å². The van der Waals surface area contributed by atoms with Crippen LogP contribution in [0.3, 0.4) is 0 Å². The van der Waals surface area contributed by atoms with Gasteiger partial charge < -0.3 is 39.7 Å². The van der Waals surface area contributed by atoms with Gasteiger partial charge in [0.15, 0.2) is 5.76 Å². The number of hydrogen-bond acceptors (Lipinski definition) is 8. The summed E-state index contributed by atoms with van der Waals surface area (Å²) in [5.41, 5.74) is 5.63. The maximum Gasteiger partial charge on any atom is 0.164 e. The molecule has 0 aromatic heterocycles. The molecule has 0 aliphatic rings. The third kappa shape index (κ3) is 7.49. The Labute approximate surface area is 256 Å². The topological polar surface area (TPSA) is 106 Å². The van der Waals surface area contributed by atoms with Gasteiger partial charge in [0.1, 0.15) is 37.1 Å². The smallest absolute Gasteiger partial charge is 0.164 e. The summed E-state index contributed by atoms with van der Waals surface area (Å²) in [6.45, 7) is -0.487. The van der Waals surface area contributed by atoms with Crippen molar-refractivity contribution in [2.45, 2.75) is 6.10 Å². The summed E-state index contributed by atoms with van der Waals surface area (Å²) in [5, 5.41) is 37.2. The number of aliphatic hydroxyl groups is 4. The minimum Gasteiger partial charge on any atom is -0.512 e. The summed E-state index contributed by atoms with van der Waals surface area (Å²) in [5.74, 6) is 0.883. The largest absolute Gasteiger partial charge is 0.512 e. The van der Waals surface area contributed by atoms with E-state index in [0.29, 0.717) is 17.8 Å². The maximum absolute atomic E-state index is 9.65. The first kappa shape index (κ1) is 30.0. The molecule has 0 amide bonds. The molecule has 0 radical (unpaired) electrons. The van der Waals surface area contributed by atoms with Crippen LogP contribution in [0.5, 0.6) is 11.5 Å². The minimum atomic E-state index is -0.939. The van der Waals surface area contributed by atoms with Crippen LogP contribution in [0.2, 0.25) is 0 Å². The fourth-order valence-corrected chi connectivity index (χ4v) is 4.64. The molecule has 4 N–H and O–H groups in total. The van der Waals surface area contributed by atoms with E-state index < -0.39 is 6.10 Å². The molecule has 44 heavy (non-hydrogen) atoms. The van der Waals surface area contributed by atoms with E-state index in [1.807, 2.05) is 115 Å². The number of ether oxygens (including phenoxy) is 2. The molecule has 5 aromatic rings. The number of rotatable bonds is 13. The first-order valence-corrected chi connectivity index (χ1v) is 14.1. The van der Waals surface area contributed by atoms with Crippen LogP contribution in [-0.2, 0) is 0 Å². The lowest BCUT2D eigenvalue weighted by atomic mass is 10.1. The molecule has 0 spiro atoms. The minimum absolute atomic E-state index is 0.00486. The Morgan fingerprint density at radius 1 is 0.591 bits per heavy atom. The molecule has 0 bridgehead atoms. The molecule has 0 saturated carbocycles. The van der Waals surface area contributed by atoms with Gasteiger partial charge in [-0.15, -0.1) is 0 Å². The number of para-hydroxylation sites is 2. The lowest BCUT2D eigenvalue weighted by Gasteiger charge is -2.29. The van der Waals surface area contributed by atoms with E-state index in [0.717, 1.165) is 34.1 Å². The van der Waals surface area contributed by atoms with E-state index in [9.17, 15) is 10.2 Å². The highest BCUT2D eigenvalue weighted by Crippen LogP contribution is 2.40. The van der Waals surface area contributed by atoms with Gasteiger partial charge in [0.25, 0.3) is 0 Å². The number of aliphatic hydroxyl groups excluding tert-OH is 4. The molecule has 1 unspecified atom stereocenters. The molecule has 1 atom stereocenters. The van der Waals surface area contributed by atoms with Crippen LogP contribution in [0.25, 0.3) is 0 Å². The Bertz CT molecular complexity index is 1630. The van der Waals surface area contributed by atoms with Gasteiger partial charge in [-0.2, -0.15) is 0 Å². The van der Waals surface area contributed by atoms with Gasteiger partial charge >= 0.3 is 0 Å². The second kappa shape index (κ2) is 14.6. The number of nitrogens with zero attached hydrogens (tertiary/aromatic N) is 2. The molecule has 8 heteroatoms. The standard InChI is InChI=1S/C36H34N2O6/c39-23-33(41)25-43-35-18-14-29(15-19-35)37(27-8-3-1-4-9-27)31-12-7-13-32(22-31)38(28-10-5-2-6-11-28)30-16-20-36(21-17-30)44-26-34(42)24-40/h1-23,34,39-42H,24-26H2/b33-23+. The van der Waals surface area contributed by atoms with Crippen molar-refractivity contribution in [3.63, 3.8) is 0 Å². The molecule has 224 valence electrons. The Morgan fingerprint density at radius 3 is 1.48 bits per heavy atom. The van der Waals surface area contributed by atoms with Crippen LogP contribution in [0, 0.1) is 0 Å². The molecule has 0 aliphatic heterocycles. The van der Waals surface area contributed by atoms with E-state index in [1.165, 1.54) is 0 Å². The van der Waals surface area contributed by atoms with Crippen LogP contribution >= 0.6 is 0 Å². The van der Waals surface area contributed by atoms with E-state index in [2.05, 4.69) is 28.0 Å². The molecule has 5 aromatic carbocycles. The third-order valence-electron chi connectivity index (χ3n) is 6.75. The molecule has 5 rings (SSSR count). The van der Waals surface area contributed by atoms with Crippen molar-refractivity contribution < 1.29 is 29.9 Å². The number of anilines is 6. The van der Waals surface area contributed by atoms with Crippen molar-refractivity contribution in [2.24, 2.45) is 0 Å². The van der Waals surface area contributed by atoms with Crippen LogP contribution in [0.1, 0.15) is 0 Å². The van der Waals surface area contributed by atoms with Crippen LogP contribution in [0.4, 0.5) is 34.1 Å². The predicted octanol–water partition coefficient (Wildman–Crippen LogP) is 7.69. The maximum atomic E-state index is 9.65. The first-order valence-electron chi connectivity index (χ1n) is 14.1. The SMILES string of the molecule is O/C=C(/O)COc1ccc(N(c2ccccc2)c2cccc(N(c3ccccc3)c3ccc(OCC(O)CO)cc3)c2)cc1. The van der Waals surface area contributed by atoms with Crippen LogP contribution < -0.4 is 19.3 Å². The highest BCUT2D eigenvalue weighted by atomic mass is 16.5. The summed E-state index contributed by atoms with van der Waals surface area (Å²) in [7, 11) is 0. The lowest BCUT2D eigenvalue weighted by Crippen LogP contribution is -2.21. The van der Waals surface area contributed by atoms with E-state index in [4.69, 9.17) is 19.7 Å². The van der Waals surface area contributed by atoms with E-state index >= 15 is 0 Å². The van der Waals surface area contributed by atoms with Gasteiger partial charge in [0, 0.05) is 34.1 Å². The second-order valence-corrected chi connectivity index (χ2v) is 9.91. The highest BCUT2D eigenvalue weighted by molar-refractivity contribution is 5.83. The van der Waals surface area contributed by atoms with Gasteiger partial charge in [0.2, 0.25) is 0 Å². The van der Waals surface area contributed by atoms with Gasteiger partial charge in [-0.1, -0.05) is 42.5 Å². The first-order chi connectivity index (χ1) is 21.6. The van der Waals surface area contributed by atoms with Gasteiger partial charge in [0.05, 0.1) is 6.61 Å². The van der Waals surface area contributed by atoms with Crippen LogP contribution in [-0.4, -0.2) is 46.4 Å². The molecule has 0 aliphatic carbocycles. The van der Waals surface area contributed by atoms with Crippen molar-refractivity contribution >= 4 is 34.1 Å². The molecule has 0 fully saturated rings. The quantitative estimate of drug-likeness (QED) is 0.103. The monoisotopic (exact) mass is 590 g/mol. The zero-order valence-corrected chi connectivity index (χ0v) is 24.0. The van der Waals surface area contributed by atoms with Crippen molar-refractivity contribution in [1.82, 2.24) is 0 Å². The van der Waals surface area contributed by atoms with Gasteiger partial charge in [-0.05, 0) is 91.0 Å². The van der Waals surface area contributed by atoms with Crippen molar-refractivity contribution in [3.05, 3.63) is 145 Å².